The lowest BCUT2D eigenvalue weighted by Gasteiger charge is -2.08. The van der Waals surface area contributed by atoms with Gasteiger partial charge in [-0.2, -0.15) is 0 Å². The molecule has 1 heterocycles. The van der Waals surface area contributed by atoms with Crippen molar-refractivity contribution in [1.29, 1.82) is 0 Å². The summed E-state index contributed by atoms with van der Waals surface area (Å²) in [6, 6.07) is 4.40. The number of nitrogens with zero attached hydrogens (tertiary/aromatic N) is 1. The van der Waals surface area contributed by atoms with Crippen molar-refractivity contribution in [1.82, 2.24) is 4.98 Å². The number of nitrogen functional groups attached to an aromatic ring is 1. The van der Waals surface area contributed by atoms with Crippen LogP contribution in [0.3, 0.4) is 0 Å². The third-order valence-electron chi connectivity index (χ3n) is 2.36. The maximum atomic E-state index is 13.0. The van der Waals surface area contributed by atoms with Crippen LogP contribution >= 0.6 is 0 Å². The van der Waals surface area contributed by atoms with Crippen LogP contribution in [0.1, 0.15) is 10.4 Å². The molecule has 7 heteroatoms. The summed E-state index contributed by atoms with van der Waals surface area (Å²) in [5.74, 6) is -3.02. The number of hydrogen-bond acceptors (Lipinski definition) is 4. The van der Waals surface area contributed by atoms with Gasteiger partial charge >= 0.3 is 5.97 Å². The van der Waals surface area contributed by atoms with E-state index in [1.165, 1.54) is 18.3 Å². The Morgan fingerprint density at radius 3 is 2.63 bits per heavy atom. The molecule has 0 spiro atoms. The largest absolute Gasteiger partial charge is 0.478 e. The molecule has 1 aromatic carbocycles. The number of hydrogen-bond donors (Lipinski definition) is 3. The van der Waals surface area contributed by atoms with E-state index in [1.807, 2.05) is 0 Å². The van der Waals surface area contributed by atoms with Gasteiger partial charge in [-0.1, -0.05) is 0 Å². The molecule has 0 fully saturated rings. The van der Waals surface area contributed by atoms with Gasteiger partial charge in [-0.3, -0.25) is 0 Å². The van der Waals surface area contributed by atoms with Crippen molar-refractivity contribution >= 4 is 23.2 Å². The van der Waals surface area contributed by atoms with Gasteiger partial charge in [0.05, 0.1) is 17.4 Å². The fraction of sp³-hybridized carbons (Fsp3) is 0. The molecular weight excluding hydrogens is 256 g/mol. The first-order valence-electron chi connectivity index (χ1n) is 5.18. The van der Waals surface area contributed by atoms with Gasteiger partial charge in [-0.15, -0.1) is 0 Å². The van der Waals surface area contributed by atoms with E-state index >= 15 is 0 Å². The van der Waals surface area contributed by atoms with Gasteiger partial charge < -0.3 is 16.2 Å². The van der Waals surface area contributed by atoms with Crippen molar-refractivity contribution in [3.63, 3.8) is 0 Å². The smallest absolute Gasteiger partial charge is 0.337 e. The highest BCUT2D eigenvalue weighted by Crippen LogP contribution is 2.20. The number of nitrogens with one attached hydrogen (secondary N) is 1. The van der Waals surface area contributed by atoms with Crippen LogP contribution in [-0.4, -0.2) is 16.1 Å². The molecule has 0 aliphatic heterocycles. The Labute approximate surface area is 106 Å². The lowest BCUT2D eigenvalue weighted by atomic mass is 10.2. The van der Waals surface area contributed by atoms with E-state index in [4.69, 9.17) is 10.8 Å². The normalized spacial score (nSPS) is 10.2. The number of rotatable bonds is 3. The number of halogens is 2. The number of nitrogens with two attached hydrogens (primary N) is 1. The topological polar surface area (TPSA) is 88.2 Å². The summed E-state index contributed by atoms with van der Waals surface area (Å²) in [6.07, 6.45) is 1.17. The van der Waals surface area contributed by atoms with Gasteiger partial charge in [0.15, 0.2) is 11.6 Å². The molecule has 2 rings (SSSR count). The summed E-state index contributed by atoms with van der Waals surface area (Å²) in [7, 11) is 0. The first kappa shape index (κ1) is 12.7. The molecule has 19 heavy (non-hydrogen) atoms. The third-order valence-corrected chi connectivity index (χ3v) is 2.36. The van der Waals surface area contributed by atoms with Gasteiger partial charge in [-0.25, -0.2) is 18.6 Å². The molecule has 98 valence electrons. The maximum Gasteiger partial charge on any atom is 0.337 e. The molecule has 1 aromatic heterocycles. The highest BCUT2D eigenvalue weighted by Gasteiger charge is 2.10. The van der Waals surface area contributed by atoms with Crippen molar-refractivity contribution in [3.8, 4) is 0 Å². The molecule has 0 aliphatic carbocycles. The standard InChI is InChI=1S/C12H9F2N3O2/c13-8-2-1-6(3-9(8)14)17-11-4-7(12(18)19)10(15)5-16-11/h1-5H,15H2,(H,16,17)(H,18,19). The Morgan fingerprint density at radius 2 is 2.00 bits per heavy atom. The average Bonchev–Trinajstić information content (AvgIpc) is 2.36. The predicted octanol–water partition coefficient (Wildman–Crippen LogP) is 2.38. The van der Waals surface area contributed by atoms with Crippen LogP contribution in [0.15, 0.2) is 30.5 Å². The van der Waals surface area contributed by atoms with E-state index in [0.29, 0.717) is 0 Å². The van der Waals surface area contributed by atoms with Crippen molar-refractivity contribution in [2.45, 2.75) is 0 Å². The first-order valence-corrected chi connectivity index (χ1v) is 5.18. The monoisotopic (exact) mass is 265 g/mol. The van der Waals surface area contributed by atoms with Gasteiger partial charge in [0.1, 0.15) is 5.82 Å². The van der Waals surface area contributed by atoms with E-state index in [2.05, 4.69) is 10.3 Å². The van der Waals surface area contributed by atoms with Crippen LogP contribution in [0, 0.1) is 11.6 Å². The highest BCUT2D eigenvalue weighted by atomic mass is 19.2. The Morgan fingerprint density at radius 1 is 1.26 bits per heavy atom. The highest BCUT2D eigenvalue weighted by molar-refractivity contribution is 5.94. The van der Waals surface area contributed by atoms with Crippen LogP contribution in [0.5, 0.6) is 0 Å². The molecule has 2 aromatic rings. The molecule has 0 atom stereocenters. The Hall–Kier alpha value is -2.70. The maximum absolute atomic E-state index is 13.0. The minimum absolute atomic E-state index is 0.0170. The summed E-state index contributed by atoms with van der Waals surface area (Å²) >= 11 is 0. The zero-order valence-electron chi connectivity index (χ0n) is 9.52. The molecule has 0 saturated heterocycles. The van der Waals surface area contributed by atoms with E-state index < -0.39 is 17.6 Å². The third kappa shape index (κ3) is 2.76. The SMILES string of the molecule is Nc1cnc(Nc2ccc(F)c(F)c2)cc1C(=O)O. The summed E-state index contributed by atoms with van der Waals surface area (Å²) in [6.45, 7) is 0. The predicted molar refractivity (Wildman–Crippen MR) is 65.2 cm³/mol. The number of carboxylic acids is 1. The minimum atomic E-state index is -1.20. The number of aromatic nitrogens is 1. The number of aromatic carboxylic acids is 1. The Bertz CT molecular complexity index is 647. The summed E-state index contributed by atoms with van der Waals surface area (Å²) in [5, 5.41) is 11.5. The zero-order valence-corrected chi connectivity index (χ0v) is 9.52. The van der Waals surface area contributed by atoms with Crippen LogP contribution < -0.4 is 11.1 Å². The number of carbonyl (C=O) groups is 1. The zero-order chi connectivity index (χ0) is 14.0. The van der Waals surface area contributed by atoms with Gasteiger partial charge in [0, 0.05) is 11.8 Å². The molecule has 5 nitrogen and oxygen atoms in total. The van der Waals surface area contributed by atoms with E-state index in [0.717, 1.165) is 12.1 Å². The second-order valence-corrected chi connectivity index (χ2v) is 3.72. The van der Waals surface area contributed by atoms with E-state index in [9.17, 15) is 13.6 Å². The molecule has 0 bridgehead atoms. The van der Waals surface area contributed by atoms with Crippen molar-refractivity contribution in [2.24, 2.45) is 0 Å². The van der Waals surface area contributed by atoms with Crippen molar-refractivity contribution in [2.75, 3.05) is 11.1 Å². The first-order chi connectivity index (χ1) is 8.97. The van der Waals surface area contributed by atoms with Crippen LogP contribution in [0.4, 0.5) is 26.0 Å². The molecule has 0 aliphatic rings. The van der Waals surface area contributed by atoms with E-state index in [-0.39, 0.29) is 22.8 Å². The van der Waals surface area contributed by atoms with Crippen molar-refractivity contribution in [3.05, 3.63) is 47.7 Å². The summed E-state index contributed by atoms with van der Waals surface area (Å²) in [4.78, 5) is 14.7. The molecule has 0 amide bonds. The van der Waals surface area contributed by atoms with E-state index in [1.54, 1.807) is 0 Å². The van der Waals surface area contributed by atoms with Gasteiger partial charge in [-0.05, 0) is 18.2 Å². The average molecular weight is 265 g/mol. The summed E-state index contributed by atoms with van der Waals surface area (Å²) in [5.41, 5.74) is 5.58. The fourth-order valence-corrected chi connectivity index (χ4v) is 1.44. The van der Waals surface area contributed by atoms with Gasteiger partial charge in [0.25, 0.3) is 0 Å². The van der Waals surface area contributed by atoms with Crippen LogP contribution in [-0.2, 0) is 0 Å². The molecule has 4 N–H and O–H groups in total. The Kier molecular flexibility index (Phi) is 3.28. The second-order valence-electron chi connectivity index (χ2n) is 3.72. The number of benzene rings is 1. The minimum Gasteiger partial charge on any atom is -0.478 e. The van der Waals surface area contributed by atoms with Crippen LogP contribution in [0.2, 0.25) is 0 Å². The Balaban J connectivity index is 2.30. The molecule has 0 radical (unpaired) electrons. The second kappa shape index (κ2) is 4.89. The quantitative estimate of drug-likeness (QED) is 0.793. The van der Waals surface area contributed by atoms with Gasteiger partial charge in [0.2, 0.25) is 0 Å². The number of anilines is 3. The molecule has 0 unspecified atom stereocenters. The summed E-state index contributed by atoms with van der Waals surface area (Å²) < 4.78 is 25.8. The lowest BCUT2D eigenvalue weighted by molar-refractivity contribution is 0.0698. The van der Waals surface area contributed by atoms with Crippen LogP contribution in [0.25, 0.3) is 0 Å². The van der Waals surface area contributed by atoms with Crippen molar-refractivity contribution < 1.29 is 18.7 Å². The molecular formula is C12H9F2N3O2. The fourth-order valence-electron chi connectivity index (χ4n) is 1.44. The lowest BCUT2D eigenvalue weighted by Crippen LogP contribution is -2.05. The number of pyridine rings is 1. The number of carboxylic acid groups (broad SMARTS) is 1. The molecule has 0 saturated carbocycles.